The molecule has 1 saturated carbocycles. The quantitative estimate of drug-likeness (QED) is 0.845. The summed E-state index contributed by atoms with van der Waals surface area (Å²) in [6.07, 6.45) is 1.88. The highest BCUT2D eigenvalue weighted by atomic mass is 32.1. The van der Waals surface area contributed by atoms with Crippen LogP contribution in [-0.2, 0) is 5.41 Å². The van der Waals surface area contributed by atoms with E-state index in [1.165, 1.54) is 0 Å². The number of methoxy groups -OCH3 is 1. The second-order valence-electron chi connectivity index (χ2n) is 4.46. The van der Waals surface area contributed by atoms with E-state index in [1.807, 2.05) is 29.6 Å². The summed E-state index contributed by atoms with van der Waals surface area (Å²) in [6, 6.07) is 10.2. The maximum Gasteiger partial charge on any atom is 0.119 e. The van der Waals surface area contributed by atoms with Gasteiger partial charge >= 0.3 is 0 Å². The molecule has 1 heterocycles. The van der Waals surface area contributed by atoms with Gasteiger partial charge in [-0.25, -0.2) is 4.98 Å². The summed E-state index contributed by atoms with van der Waals surface area (Å²) in [5, 5.41) is 12.1. The minimum atomic E-state index is -0.290. The molecule has 0 N–H and O–H groups in total. The summed E-state index contributed by atoms with van der Waals surface area (Å²) in [7, 11) is 1.65. The highest BCUT2D eigenvalue weighted by Gasteiger charge is 2.47. The molecule has 1 fully saturated rings. The van der Waals surface area contributed by atoms with Crippen molar-refractivity contribution in [3.63, 3.8) is 0 Å². The van der Waals surface area contributed by atoms with Gasteiger partial charge in [-0.3, -0.25) is 0 Å². The molecule has 0 saturated heterocycles. The Morgan fingerprint density at radius 1 is 1.44 bits per heavy atom. The van der Waals surface area contributed by atoms with Gasteiger partial charge in [0.05, 0.1) is 18.9 Å². The smallest absolute Gasteiger partial charge is 0.119 e. The molecule has 90 valence electrons. The van der Waals surface area contributed by atoms with Gasteiger partial charge in [-0.15, -0.1) is 11.3 Å². The highest BCUT2D eigenvalue weighted by Crippen LogP contribution is 2.49. The topological polar surface area (TPSA) is 45.9 Å². The third kappa shape index (κ3) is 1.77. The van der Waals surface area contributed by atoms with Crippen LogP contribution in [0.5, 0.6) is 5.75 Å². The first-order valence-corrected chi connectivity index (χ1v) is 6.67. The van der Waals surface area contributed by atoms with Crippen molar-refractivity contribution >= 4 is 11.3 Å². The molecule has 0 aliphatic heterocycles. The fraction of sp³-hybridized carbons (Fsp3) is 0.286. The molecule has 0 unspecified atom stereocenters. The normalized spacial score (nSPS) is 16.0. The van der Waals surface area contributed by atoms with E-state index in [2.05, 4.69) is 11.1 Å². The van der Waals surface area contributed by atoms with Crippen LogP contribution in [0.15, 0.2) is 29.6 Å². The van der Waals surface area contributed by atoms with Crippen molar-refractivity contribution < 1.29 is 4.74 Å². The summed E-state index contributed by atoms with van der Waals surface area (Å²) in [4.78, 5) is 4.60. The maximum absolute atomic E-state index is 9.17. The average Bonchev–Trinajstić information content (AvgIpc) is 3.08. The second kappa shape index (κ2) is 4.11. The monoisotopic (exact) mass is 256 g/mol. The van der Waals surface area contributed by atoms with Crippen molar-refractivity contribution in [1.29, 1.82) is 5.26 Å². The molecule has 0 bridgehead atoms. The van der Waals surface area contributed by atoms with E-state index in [4.69, 9.17) is 10.00 Å². The maximum atomic E-state index is 9.17. The van der Waals surface area contributed by atoms with E-state index in [1.54, 1.807) is 18.4 Å². The molecule has 1 aromatic carbocycles. The summed E-state index contributed by atoms with van der Waals surface area (Å²) in [5.74, 6) is 0.823. The molecular formula is C14H12N2OS. The van der Waals surface area contributed by atoms with Crippen molar-refractivity contribution in [3.8, 4) is 23.1 Å². The largest absolute Gasteiger partial charge is 0.497 e. The van der Waals surface area contributed by atoms with E-state index in [0.717, 1.165) is 34.9 Å². The van der Waals surface area contributed by atoms with Crippen LogP contribution in [-0.4, -0.2) is 12.1 Å². The van der Waals surface area contributed by atoms with Gasteiger partial charge in [-0.2, -0.15) is 5.26 Å². The number of nitrogens with zero attached hydrogens (tertiary/aromatic N) is 2. The third-order valence-corrected chi connectivity index (χ3v) is 4.29. The average molecular weight is 256 g/mol. The zero-order chi connectivity index (χ0) is 12.6. The minimum Gasteiger partial charge on any atom is -0.497 e. The Balaban J connectivity index is 1.96. The first kappa shape index (κ1) is 11.2. The standard InChI is InChI=1S/C14H12N2OS/c1-17-11-4-2-3-10(7-11)12-8-18-13(16-12)14(9-15)5-6-14/h2-4,7-8H,5-6H2,1H3. The van der Waals surface area contributed by atoms with Gasteiger partial charge in [0.15, 0.2) is 0 Å². The van der Waals surface area contributed by atoms with E-state index in [0.29, 0.717) is 0 Å². The lowest BCUT2D eigenvalue weighted by Crippen LogP contribution is -2.01. The number of rotatable bonds is 3. The van der Waals surface area contributed by atoms with E-state index in [9.17, 15) is 0 Å². The predicted molar refractivity (Wildman–Crippen MR) is 70.6 cm³/mol. The van der Waals surface area contributed by atoms with E-state index >= 15 is 0 Å². The molecule has 4 heteroatoms. The number of benzene rings is 1. The molecule has 0 radical (unpaired) electrons. The first-order chi connectivity index (χ1) is 8.77. The van der Waals surface area contributed by atoms with Crippen LogP contribution < -0.4 is 4.74 Å². The third-order valence-electron chi connectivity index (χ3n) is 3.24. The highest BCUT2D eigenvalue weighted by molar-refractivity contribution is 7.10. The van der Waals surface area contributed by atoms with Crippen LogP contribution in [0.4, 0.5) is 0 Å². The van der Waals surface area contributed by atoms with Gasteiger partial charge in [0, 0.05) is 10.9 Å². The second-order valence-corrected chi connectivity index (χ2v) is 5.32. The van der Waals surface area contributed by atoms with Crippen molar-refractivity contribution in [2.45, 2.75) is 18.3 Å². The number of hydrogen-bond acceptors (Lipinski definition) is 4. The van der Waals surface area contributed by atoms with Crippen LogP contribution >= 0.6 is 11.3 Å². The molecule has 0 atom stereocenters. The molecular weight excluding hydrogens is 244 g/mol. The molecule has 2 aromatic rings. The molecule has 1 aliphatic carbocycles. The summed E-state index contributed by atoms with van der Waals surface area (Å²) in [5.41, 5.74) is 1.67. The molecule has 1 aromatic heterocycles. The van der Waals surface area contributed by atoms with Gasteiger partial charge in [0.1, 0.15) is 16.2 Å². The van der Waals surface area contributed by atoms with E-state index < -0.39 is 0 Å². The molecule has 0 spiro atoms. The lowest BCUT2D eigenvalue weighted by atomic mass is 10.1. The zero-order valence-corrected chi connectivity index (χ0v) is 10.8. The molecule has 0 amide bonds. The number of thiazole rings is 1. The van der Waals surface area contributed by atoms with Gasteiger partial charge < -0.3 is 4.74 Å². The Labute approximate surface area is 110 Å². The SMILES string of the molecule is COc1cccc(-c2csc(C3(C#N)CC3)n2)c1. The van der Waals surface area contributed by atoms with Crippen molar-refractivity contribution in [1.82, 2.24) is 4.98 Å². The summed E-state index contributed by atoms with van der Waals surface area (Å²) >= 11 is 1.58. The van der Waals surface area contributed by atoms with Crippen LogP contribution in [0.25, 0.3) is 11.3 Å². The molecule has 3 nitrogen and oxygen atoms in total. The van der Waals surface area contributed by atoms with Crippen LogP contribution in [0, 0.1) is 11.3 Å². The lowest BCUT2D eigenvalue weighted by molar-refractivity contribution is 0.415. The van der Waals surface area contributed by atoms with Crippen molar-refractivity contribution in [2.24, 2.45) is 0 Å². The predicted octanol–water partition coefficient (Wildman–Crippen LogP) is 3.37. The Morgan fingerprint density at radius 2 is 2.28 bits per heavy atom. The number of aromatic nitrogens is 1. The van der Waals surface area contributed by atoms with E-state index in [-0.39, 0.29) is 5.41 Å². The fourth-order valence-electron chi connectivity index (χ4n) is 1.91. The number of hydrogen-bond donors (Lipinski definition) is 0. The van der Waals surface area contributed by atoms with Crippen LogP contribution in [0.3, 0.4) is 0 Å². The Morgan fingerprint density at radius 3 is 2.94 bits per heavy atom. The first-order valence-electron chi connectivity index (χ1n) is 5.79. The minimum absolute atomic E-state index is 0.290. The molecule has 1 aliphatic rings. The Kier molecular flexibility index (Phi) is 2.57. The summed E-state index contributed by atoms with van der Waals surface area (Å²) < 4.78 is 5.21. The number of ether oxygens (including phenoxy) is 1. The van der Waals surface area contributed by atoms with Gasteiger partial charge in [0.2, 0.25) is 0 Å². The van der Waals surface area contributed by atoms with Crippen molar-refractivity contribution in [2.75, 3.05) is 7.11 Å². The Bertz CT molecular complexity index is 623. The van der Waals surface area contributed by atoms with Crippen LogP contribution in [0.2, 0.25) is 0 Å². The van der Waals surface area contributed by atoms with Crippen molar-refractivity contribution in [3.05, 3.63) is 34.7 Å². The lowest BCUT2D eigenvalue weighted by Gasteiger charge is -2.02. The molecule has 18 heavy (non-hydrogen) atoms. The number of nitriles is 1. The van der Waals surface area contributed by atoms with Gasteiger partial charge in [-0.1, -0.05) is 12.1 Å². The van der Waals surface area contributed by atoms with Gasteiger partial charge in [-0.05, 0) is 25.0 Å². The van der Waals surface area contributed by atoms with Gasteiger partial charge in [0.25, 0.3) is 0 Å². The molecule has 3 rings (SSSR count). The Hall–Kier alpha value is -1.86. The zero-order valence-electron chi connectivity index (χ0n) is 10.0. The summed E-state index contributed by atoms with van der Waals surface area (Å²) in [6.45, 7) is 0. The van der Waals surface area contributed by atoms with Crippen LogP contribution in [0.1, 0.15) is 17.8 Å². The fourth-order valence-corrected chi connectivity index (χ4v) is 2.95.